The summed E-state index contributed by atoms with van der Waals surface area (Å²) in [6, 6.07) is 1.17. The summed E-state index contributed by atoms with van der Waals surface area (Å²) in [7, 11) is 1.20. The van der Waals surface area contributed by atoms with E-state index in [9.17, 15) is 0 Å². The first-order chi connectivity index (χ1) is 3.41. The fraction of sp³-hybridized carbons (Fsp3) is 1.00. The third-order valence-electron chi connectivity index (χ3n) is 0.584. The Labute approximate surface area is 46.9 Å². The van der Waals surface area contributed by atoms with Gasteiger partial charge < -0.3 is 9.84 Å². The Bertz CT molecular complexity index is 28.9. The zero-order chi connectivity index (χ0) is 5.54. The molecule has 0 saturated heterocycles. The van der Waals surface area contributed by atoms with Crippen LogP contribution in [0.4, 0.5) is 0 Å². The smallest absolute Gasteiger partial charge is 0.0697 e. The number of aliphatic hydroxyl groups is 1. The van der Waals surface area contributed by atoms with Crippen LogP contribution >= 0.6 is 0 Å². The first-order valence-electron chi connectivity index (χ1n) is 2.60. The molecule has 2 nitrogen and oxygen atoms in total. The zero-order valence-corrected chi connectivity index (χ0v) is 6.68. The van der Waals surface area contributed by atoms with Crippen LogP contribution in [0.2, 0.25) is 6.04 Å². The molecule has 0 aliphatic heterocycles. The van der Waals surface area contributed by atoms with Crippen LogP contribution in [0.15, 0.2) is 0 Å². The lowest BCUT2D eigenvalue weighted by Crippen LogP contribution is -1.99. The molecule has 0 bridgehead atoms. The molecule has 0 aromatic rings. The quantitative estimate of drug-likeness (QED) is 0.372. The van der Waals surface area contributed by atoms with Gasteiger partial charge in [-0.25, -0.2) is 0 Å². The molecule has 44 valence electrons. The van der Waals surface area contributed by atoms with Crippen molar-refractivity contribution in [1.82, 2.24) is 0 Å². The molecular formula is C4H12O2Si. The van der Waals surface area contributed by atoms with Gasteiger partial charge in [0.15, 0.2) is 0 Å². The van der Waals surface area contributed by atoms with Gasteiger partial charge in [0.25, 0.3) is 0 Å². The van der Waals surface area contributed by atoms with Crippen molar-refractivity contribution in [2.24, 2.45) is 0 Å². The summed E-state index contributed by atoms with van der Waals surface area (Å²) in [6.07, 6.45) is 0. The Morgan fingerprint density at radius 1 is 1.43 bits per heavy atom. The number of hydrogen-bond acceptors (Lipinski definition) is 2. The van der Waals surface area contributed by atoms with Crippen LogP contribution in [-0.4, -0.2) is 35.2 Å². The Morgan fingerprint density at radius 3 is 2.57 bits per heavy atom. The minimum Gasteiger partial charge on any atom is -0.394 e. The fourth-order valence-electron chi connectivity index (χ4n) is 0.311. The largest absolute Gasteiger partial charge is 0.394 e. The van der Waals surface area contributed by atoms with Crippen molar-refractivity contribution in [1.29, 1.82) is 0 Å². The van der Waals surface area contributed by atoms with E-state index >= 15 is 0 Å². The molecule has 0 aliphatic rings. The topological polar surface area (TPSA) is 29.5 Å². The summed E-state index contributed by atoms with van der Waals surface area (Å²) < 4.78 is 4.92. The lowest BCUT2D eigenvalue weighted by Gasteiger charge is -1.94. The van der Waals surface area contributed by atoms with Crippen LogP contribution in [-0.2, 0) is 4.74 Å². The van der Waals surface area contributed by atoms with Gasteiger partial charge in [-0.15, -0.1) is 0 Å². The van der Waals surface area contributed by atoms with E-state index in [1.807, 2.05) is 0 Å². The van der Waals surface area contributed by atoms with E-state index in [1.165, 1.54) is 16.3 Å². The highest BCUT2D eigenvalue weighted by atomic mass is 28.1. The van der Waals surface area contributed by atoms with Gasteiger partial charge in [-0.1, -0.05) is 0 Å². The lowest BCUT2D eigenvalue weighted by molar-refractivity contribution is 0.102. The van der Waals surface area contributed by atoms with Gasteiger partial charge >= 0.3 is 0 Å². The predicted molar refractivity (Wildman–Crippen MR) is 32.7 cm³/mol. The third-order valence-corrected chi connectivity index (χ3v) is 0.992. The monoisotopic (exact) mass is 120 g/mol. The molecule has 0 fully saturated rings. The van der Waals surface area contributed by atoms with E-state index in [2.05, 4.69) is 0 Å². The van der Waals surface area contributed by atoms with Crippen LogP contribution < -0.4 is 0 Å². The number of ether oxygens (including phenoxy) is 1. The van der Waals surface area contributed by atoms with Crippen molar-refractivity contribution in [3.63, 3.8) is 0 Å². The first kappa shape index (κ1) is 7.14. The normalized spacial score (nSPS) is 9.86. The second kappa shape index (κ2) is 6.14. The standard InChI is InChI=1S/C4H12O2Si/c5-1-2-6-3-4-7/h5H,1-4H2,7H3. The van der Waals surface area contributed by atoms with E-state index < -0.39 is 0 Å². The molecule has 0 amide bonds. The summed E-state index contributed by atoms with van der Waals surface area (Å²) in [5.41, 5.74) is 0. The molecule has 0 heterocycles. The molecule has 3 heteroatoms. The summed E-state index contributed by atoms with van der Waals surface area (Å²) >= 11 is 0. The second-order valence-electron chi connectivity index (χ2n) is 1.34. The van der Waals surface area contributed by atoms with Crippen LogP contribution in [0.5, 0.6) is 0 Å². The molecule has 0 unspecified atom stereocenters. The van der Waals surface area contributed by atoms with Gasteiger partial charge in [0, 0.05) is 16.8 Å². The highest BCUT2D eigenvalue weighted by Crippen LogP contribution is 1.74. The molecule has 0 aliphatic carbocycles. The molecule has 0 aromatic carbocycles. The van der Waals surface area contributed by atoms with E-state index in [0.717, 1.165) is 6.61 Å². The number of hydrogen-bond donors (Lipinski definition) is 1. The minimum atomic E-state index is 0.154. The Hall–Kier alpha value is 0.137. The van der Waals surface area contributed by atoms with Crippen LogP contribution in [0, 0.1) is 0 Å². The van der Waals surface area contributed by atoms with Crippen molar-refractivity contribution in [3.05, 3.63) is 0 Å². The van der Waals surface area contributed by atoms with Crippen LogP contribution in [0.1, 0.15) is 0 Å². The highest BCUT2D eigenvalue weighted by Gasteiger charge is 1.78. The molecule has 1 N–H and O–H groups in total. The van der Waals surface area contributed by atoms with Crippen LogP contribution in [0.3, 0.4) is 0 Å². The minimum absolute atomic E-state index is 0.154. The first-order valence-corrected chi connectivity index (χ1v) is 4.01. The number of aliphatic hydroxyl groups excluding tert-OH is 1. The van der Waals surface area contributed by atoms with E-state index in [1.54, 1.807) is 0 Å². The summed E-state index contributed by atoms with van der Waals surface area (Å²) in [5, 5.41) is 8.18. The lowest BCUT2D eigenvalue weighted by atomic mass is 10.7. The average molecular weight is 120 g/mol. The Kier molecular flexibility index (Phi) is 6.26. The second-order valence-corrected chi connectivity index (χ2v) is 2.34. The van der Waals surface area contributed by atoms with Gasteiger partial charge in [-0.3, -0.25) is 0 Å². The Balaban J connectivity index is 2.45. The maximum atomic E-state index is 8.18. The fourth-order valence-corrected chi connectivity index (χ4v) is 0.600. The van der Waals surface area contributed by atoms with E-state index in [4.69, 9.17) is 9.84 Å². The van der Waals surface area contributed by atoms with Crippen LogP contribution in [0.25, 0.3) is 0 Å². The molecule has 0 aromatic heterocycles. The predicted octanol–water partition coefficient (Wildman–Crippen LogP) is -1.22. The SMILES string of the molecule is OCCOCC[SiH3]. The van der Waals surface area contributed by atoms with Gasteiger partial charge in [0.05, 0.1) is 13.2 Å². The van der Waals surface area contributed by atoms with Gasteiger partial charge in [0.2, 0.25) is 0 Å². The molecule has 7 heavy (non-hydrogen) atoms. The van der Waals surface area contributed by atoms with Crippen molar-refractivity contribution in [3.8, 4) is 0 Å². The van der Waals surface area contributed by atoms with Crippen molar-refractivity contribution < 1.29 is 9.84 Å². The van der Waals surface area contributed by atoms with Gasteiger partial charge in [-0.2, -0.15) is 0 Å². The molecule has 0 saturated carbocycles. The molecule has 0 spiro atoms. The summed E-state index contributed by atoms with van der Waals surface area (Å²) in [5.74, 6) is 0. The molecule has 0 radical (unpaired) electrons. The van der Waals surface area contributed by atoms with Gasteiger partial charge in [-0.05, 0) is 6.04 Å². The highest BCUT2D eigenvalue weighted by molar-refractivity contribution is 6.08. The maximum Gasteiger partial charge on any atom is 0.0697 e. The zero-order valence-electron chi connectivity index (χ0n) is 4.68. The molecule has 0 rings (SSSR count). The summed E-state index contributed by atoms with van der Waals surface area (Å²) in [4.78, 5) is 0. The molecular weight excluding hydrogens is 108 g/mol. The Morgan fingerprint density at radius 2 is 2.14 bits per heavy atom. The van der Waals surface area contributed by atoms with Crippen molar-refractivity contribution in [2.45, 2.75) is 6.04 Å². The van der Waals surface area contributed by atoms with Crippen molar-refractivity contribution >= 4 is 10.2 Å². The third kappa shape index (κ3) is 6.14. The van der Waals surface area contributed by atoms with E-state index in [0.29, 0.717) is 6.61 Å². The molecule has 0 atom stereocenters. The maximum absolute atomic E-state index is 8.18. The average Bonchev–Trinajstić information content (AvgIpc) is 1.69. The number of rotatable bonds is 4. The van der Waals surface area contributed by atoms with Crippen molar-refractivity contribution in [2.75, 3.05) is 19.8 Å². The van der Waals surface area contributed by atoms with Gasteiger partial charge in [0.1, 0.15) is 0 Å². The van der Waals surface area contributed by atoms with E-state index in [-0.39, 0.29) is 6.61 Å². The summed E-state index contributed by atoms with van der Waals surface area (Å²) in [6.45, 7) is 1.48.